The quantitative estimate of drug-likeness (QED) is 0.0326. The van der Waals surface area contributed by atoms with E-state index in [1.165, 1.54) is 24.0 Å². The molecule has 19 nitrogen and oxygen atoms in total. The number of hydrogen-bond acceptors (Lipinski definition) is 11. The van der Waals surface area contributed by atoms with E-state index in [2.05, 4.69) is 20.9 Å². The van der Waals surface area contributed by atoms with E-state index in [-0.39, 0.29) is 81.4 Å². The second kappa shape index (κ2) is 23.7. The average Bonchev–Trinajstić information content (AvgIpc) is 3.49. The molecule has 1 aliphatic heterocycles. The number of carboxylic acid groups (broad SMARTS) is 1. The van der Waals surface area contributed by atoms with Crippen LogP contribution in [0.3, 0.4) is 0 Å². The molecule has 1 fully saturated rings. The Kier molecular flexibility index (Phi) is 19.9. The summed E-state index contributed by atoms with van der Waals surface area (Å²) < 4.78 is 0. The molecule has 0 aromatic heterocycles. The molecule has 59 heavy (non-hydrogen) atoms. The molecule has 0 unspecified atom stereocenters. The van der Waals surface area contributed by atoms with Crippen LogP contribution in [0, 0.1) is 23.7 Å². The van der Waals surface area contributed by atoms with Gasteiger partial charge >= 0.3 is 5.97 Å². The molecule has 1 saturated heterocycles. The van der Waals surface area contributed by atoms with Gasteiger partial charge in [0.25, 0.3) is 0 Å². The van der Waals surface area contributed by atoms with E-state index >= 15 is 0 Å². The molecule has 19 heteroatoms. The molecule has 2 rings (SSSR count). The summed E-state index contributed by atoms with van der Waals surface area (Å²) in [5.74, 6) is -7.88. The highest BCUT2D eigenvalue weighted by atomic mass is 16.4. The molecule has 328 valence electrons. The van der Waals surface area contributed by atoms with Gasteiger partial charge in [-0.05, 0) is 75.0 Å². The third kappa shape index (κ3) is 16.7. The minimum Gasteiger partial charge on any atom is -0.508 e. The second-order valence-corrected chi connectivity index (χ2v) is 16.0. The highest BCUT2D eigenvalue weighted by molar-refractivity contribution is 5.98. The van der Waals surface area contributed by atoms with Crippen molar-refractivity contribution in [3.8, 4) is 5.75 Å². The summed E-state index contributed by atoms with van der Waals surface area (Å²) in [7, 11) is 0. The second-order valence-electron chi connectivity index (χ2n) is 16.0. The van der Waals surface area contributed by atoms with Gasteiger partial charge in [-0.2, -0.15) is 0 Å². The summed E-state index contributed by atoms with van der Waals surface area (Å²) in [5.41, 5.74) is 22.8. The molecule has 0 aliphatic carbocycles. The molecule has 0 bridgehead atoms. The van der Waals surface area contributed by atoms with E-state index in [1.807, 2.05) is 13.8 Å². The maximum atomic E-state index is 14.0. The normalized spacial score (nSPS) is 17.0. The van der Waals surface area contributed by atoms with Gasteiger partial charge in [0.15, 0.2) is 11.7 Å². The van der Waals surface area contributed by atoms with Crippen LogP contribution < -0.4 is 38.9 Å². The predicted molar refractivity (Wildman–Crippen MR) is 218 cm³/mol. The fraction of sp³-hybridized carbons (Fsp3) is 0.625. The van der Waals surface area contributed by atoms with Crippen molar-refractivity contribution in [1.29, 1.82) is 0 Å². The summed E-state index contributed by atoms with van der Waals surface area (Å²) in [6.07, 6.45) is -0.193. The van der Waals surface area contributed by atoms with Crippen LogP contribution in [0.4, 0.5) is 0 Å². The number of carboxylic acids is 1. The van der Waals surface area contributed by atoms with Crippen molar-refractivity contribution >= 4 is 53.0 Å². The van der Waals surface area contributed by atoms with E-state index < -0.39 is 95.7 Å². The van der Waals surface area contributed by atoms with Crippen molar-refractivity contribution in [2.45, 2.75) is 123 Å². The Morgan fingerprint density at radius 1 is 0.864 bits per heavy atom. The number of nitrogens with two attached hydrogens (primary N) is 4. The van der Waals surface area contributed by atoms with Crippen LogP contribution in [0.25, 0.3) is 0 Å². The molecule has 1 aromatic rings. The molecule has 0 spiro atoms. The fourth-order valence-corrected chi connectivity index (χ4v) is 6.93. The number of nitrogens with zero attached hydrogens (tertiary/aromatic N) is 2. The third-order valence-electron chi connectivity index (χ3n) is 10.1. The molecular formula is C40H63N9O10. The van der Waals surface area contributed by atoms with Gasteiger partial charge in [-0.15, -0.1) is 0 Å². The number of likely N-dealkylation sites (tertiary alicyclic amines) is 1. The van der Waals surface area contributed by atoms with Crippen molar-refractivity contribution in [2.75, 3.05) is 13.1 Å². The van der Waals surface area contributed by atoms with Crippen LogP contribution in [0.2, 0.25) is 0 Å². The van der Waals surface area contributed by atoms with Crippen molar-refractivity contribution in [3.05, 3.63) is 29.8 Å². The van der Waals surface area contributed by atoms with Crippen LogP contribution in [0.5, 0.6) is 5.75 Å². The van der Waals surface area contributed by atoms with Gasteiger partial charge < -0.3 is 54.0 Å². The predicted octanol–water partition coefficient (Wildman–Crippen LogP) is -0.406. The Morgan fingerprint density at radius 2 is 1.49 bits per heavy atom. The molecule has 1 aromatic carbocycles. The largest absolute Gasteiger partial charge is 0.508 e. The summed E-state index contributed by atoms with van der Waals surface area (Å²) >= 11 is 0. The van der Waals surface area contributed by atoms with Gasteiger partial charge in [-0.1, -0.05) is 39.8 Å². The lowest BCUT2D eigenvalue weighted by Gasteiger charge is -2.32. The third-order valence-corrected chi connectivity index (χ3v) is 10.1. The first-order chi connectivity index (χ1) is 27.6. The Balaban J connectivity index is 2.26. The zero-order valence-corrected chi connectivity index (χ0v) is 34.6. The Bertz CT molecular complexity index is 1680. The number of benzene rings is 1. The number of carbonyl (C=O) groups excluding carboxylic acids is 7. The van der Waals surface area contributed by atoms with Gasteiger partial charge in [0.1, 0.15) is 29.7 Å². The van der Waals surface area contributed by atoms with E-state index in [1.54, 1.807) is 26.0 Å². The smallest absolute Gasteiger partial charge is 0.303 e. The highest BCUT2D eigenvalue weighted by Gasteiger charge is 2.42. The van der Waals surface area contributed by atoms with Crippen LogP contribution >= 0.6 is 0 Å². The van der Waals surface area contributed by atoms with E-state index in [9.17, 15) is 48.6 Å². The van der Waals surface area contributed by atoms with Crippen LogP contribution in [-0.4, -0.2) is 111 Å². The lowest BCUT2D eigenvalue weighted by atomic mass is 9.88. The first kappa shape index (κ1) is 49.6. The molecule has 1 heterocycles. The van der Waals surface area contributed by atoms with Crippen molar-refractivity contribution in [2.24, 2.45) is 51.6 Å². The number of aliphatic carboxylic acids is 1. The highest BCUT2D eigenvalue weighted by Crippen LogP contribution is 2.24. The Morgan fingerprint density at radius 3 is 2.05 bits per heavy atom. The number of rotatable bonds is 26. The molecular weight excluding hydrogens is 766 g/mol. The summed E-state index contributed by atoms with van der Waals surface area (Å²) in [6.45, 7) is 8.81. The number of carbonyl (C=O) groups is 8. The lowest BCUT2D eigenvalue weighted by Crippen LogP contribution is -2.56. The Labute approximate surface area is 344 Å². The lowest BCUT2D eigenvalue weighted by molar-refractivity contribution is -0.142. The summed E-state index contributed by atoms with van der Waals surface area (Å²) in [5, 5.41) is 27.1. The number of ketones is 2. The topological polar surface area (TPSA) is 333 Å². The first-order valence-corrected chi connectivity index (χ1v) is 20.0. The SMILES string of the molecule is CC(C)C[C@@H](CC(=O)[C@@H](CCC(=O)O)NC(=O)[C@@H](C(C)C)N1CC[C@H](NC(=O)[C@H](CC(=O)[C@H](N)CCCN=C(N)N)Cc2ccc(O)cc2)C1=O)C(=O)N[C@H](C)C(N)=O. The minimum absolute atomic E-state index is 0.0148. The van der Waals surface area contributed by atoms with Gasteiger partial charge in [0.05, 0.1) is 12.1 Å². The number of nitrogens with one attached hydrogen (secondary N) is 3. The average molecular weight is 830 g/mol. The number of guanidine groups is 1. The number of primary amides is 1. The zero-order valence-electron chi connectivity index (χ0n) is 34.6. The summed E-state index contributed by atoms with van der Waals surface area (Å²) in [4.78, 5) is 110. The van der Waals surface area contributed by atoms with Crippen LogP contribution in [-0.2, 0) is 44.8 Å². The monoisotopic (exact) mass is 829 g/mol. The van der Waals surface area contributed by atoms with Crippen LogP contribution in [0.1, 0.15) is 91.5 Å². The fourth-order valence-electron chi connectivity index (χ4n) is 6.93. The van der Waals surface area contributed by atoms with E-state index in [0.717, 1.165) is 0 Å². The number of phenols is 1. The number of Topliss-reactive ketones (excluding diaryl/α,β-unsaturated/α-hetero) is 2. The van der Waals surface area contributed by atoms with Gasteiger partial charge in [0, 0.05) is 44.2 Å². The van der Waals surface area contributed by atoms with Crippen molar-refractivity contribution in [3.63, 3.8) is 0 Å². The van der Waals surface area contributed by atoms with Crippen LogP contribution in [0.15, 0.2) is 29.3 Å². The number of hydrogen-bond donors (Lipinski definition) is 9. The van der Waals surface area contributed by atoms with Crippen molar-refractivity contribution < 1.29 is 48.6 Å². The molecule has 0 radical (unpaired) electrons. The van der Waals surface area contributed by atoms with E-state index in [0.29, 0.717) is 12.0 Å². The van der Waals surface area contributed by atoms with Gasteiger partial charge in [-0.3, -0.25) is 43.3 Å². The van der Waals surface area contributed by atoms with Crippen molar-refractivity contribution in [1.82, 2.24) is 20.9 Å². The summed E-state index contributed by atoms with van der Waals surface area (Å²) in [6, 6.07) is 0.728. The minimum atomic E-state index is -1.32. The molecule has 0 saturated carbocycles. The number of phenolic OH excluding ortho intramolecular Hbond substituents is 1. The Hall–Kier alpha value is -5.59. The standard InChI is InChI=1S/C40H63N9O10/c1-21(2)17-25(36(56)46-23(5)35(42)55)20-32(52)29(12-13-33(53)54)47-38(58)34(22(3)4)49-16-14-30(39(49)59)48-37(57)26(18-24-8-10-27(50)11-9-24)19-31(51)28(41)7-6-15-45-40(43)44/h8-11,21-23,25-26,28-30,34,50H,6-7,12-20,41H2,1-5H3,(H2,42,55)(H,46,56)(H,47,58)(H,48,57)(H,53,54)(H4,43,44,45)/t23-,25+,26+,28-,29-,30+,34-/m1/s1. The molecule has 5 amide bonds. The maximum Gasteiger partial charge on any atom is 0.303 e. The zero-order chi connectivity index (χ0) is 44.6. The maximum absolute atomic E-state index is 14.0. The molecule has 13 N–H and O–H groups in total. The molecule has 1 aliphatic rings. The number of aromatic hydroxyl groups is 1. The molecule has 7 atom stereocenters. The van der Waals surface area contributed by atoms with Gasteiger partial charge in [0.2, 0.25) is 29.5 Å². The number of aliphatic imine (C=N–C) groups is 1. The first-order valence-electron chi connectivity index (χ1n) is 20.0. The van der Waals surface area contributed by atoms with E-state index in [4.69, 9.17) is 22.9 Å². The van der Waals surface area contributed by atoms with Gasteiger partial charge in [-0.25, -0.2) is 0 Å². The number of amides is 5.